The molecule has 3 aromatic rings. The van der Waals surface area contributed by atoms with Gasteiger partial charge in [-0.1, -0.05) is 91.0 Å². The Morgan fingerprint density at radius 3 is 1.23 bits per heavy atom. The number of hydrogen-bond donors (Lipinski definition) is 1. The lowest BCUT2D eigenvalue weighted by Crippen LogP contribution is -2.78. The van der Waals surface area contributed by atoms with Gasteiger partial charge in [0, 0.05) is 0 Å². The number of carbonyl (C=O) groups is 1. The Morgan fingerprint density at radius 1 is 0.654 bits per heavy atom. The van der Waals surface area contributed by atoms with Gasteiger partial charge in [-0.15, -0.1) is 0 Å². The zero-order valence-corrected chi connectivity index (χ0v) is 14.7. The first-order valence-corrected chi connectivity index (χ1v) is 10.0. The molecule has 0 unspecified atom stereocenters. The molecule has 132 valence electrons. The van der Waals surface area contributed by atoms with Gasteiger partial charge in [0.1, 0.15) is 0 Å². The van der Waals surface area contributed by atoms with E-state index >= 15 is 0 Å². The van der Waals surface area contributed by atoms with E-state index in [1.165, 1.54) is 0 Å². The summed E-state index contributed by atoms with van der Waals surface area (Å²) < 4.78 is 39.4. The fourth-order valence-electron chi connectivity index (χ4n) is 3.02. The van der Waals surface area contributed by atoms with Crippen molar-refractivity contribution in [3.8, 4) is 0 Å². The van der Waals surface area contributed by atoms with Crippen molar-refractivity contribution in [1.82, 2.24) is 4.98 Å². The number of alkyl halides is 3. The highest BCUT2D eigenvalue weighted by Gasteiger charge is 2.48. The second kappa shape index (κ2) is 7.17. The summed E-state index contributed by atoms with van der Waals surface area (Å²) in [6.45, 7) is 0. The maximum absolute atomic E-state index is 13.1. The maximum atomic E-state index is 13.1. The standard InChI is InChI=1S/C20H16F3NOSi/c21-20(22,23)19(25)24-26(16-10-4-1-5-11-16,17-12-6-2-7-13-17)18-14-8-3-9-15-18/h1-15H,(H,24,25). The molecule has 0 aliphatic heterocycles. The van der Waals surface area contributed by atoms with Crippen molar-refractivity contribution in [3.63, 3.8) is 0 Å². The van der Waals surface area contributed by atoms with Crippen molar-refractivity contribution < 1.29 is 18.0 Å². The van der Waals surface area contributed by atoms with Crippen LogP contribution in [0.15, 0.2) is 91.0 Å². The summed E-state index contributed by atoms with van der Waals surface area (Å²) >= 11 is 0. The number of carbonyl (C=O) groups excluding carboxylic acids is 1. The van der Waals surface area contributed by atoms with Gasteiger partial charge >= 0.3 is 12.1 Å². The van der Waals surface area contributed by atoms with Gasteiger partial charge in [-0.3, -0.25) is 4.79 Å². The third kappa shape index (κ3) is 3.41. The Hall–Kier alpha value is -2.86. The highest BCUT2D eigenvalue weighted by molar-refractivity contribution is 7.10. The lowest BCUT2D eigenvalue weighted by atomic mass is 10.3. The summed E-state index contributed by atoms with van der Waals surface area (Å²) in [7, 11) is -3.42. The number of nitrogens with one attached hydrogen (secondary N) is 1. The Balaban J connectivity index is 2.30. The highest BCUT2D eigenvalue weighted by atomic mass is 28.3. The van der Waals surface area contributed by atoms with Gasteiger partial charge in [-0.05, 0) is 15.6 Å². The molecule has 0 radical (unpaired) electrons. The normalized spacial score (nSPS) is 11.8. The molecule has 0 aliphatic rings. The van der Waals surface area contributed by atoms with Gasteiger partial charge < -0.3 is 4.98 Å². The first-order valence-electron chi connectivity index (χ1n) is 8.00. The molecule has 0 atom stereocenters. The van der Waals surface area contributed by atoms with Crippen molar-refractivity contribution >= 4 is 29.7 Å². The summed E-state index contributed by atoms with van der Waals surface area (Å²) in [6.07, 6.45) is -4.96. The van der Waals surface area contributed by atoms with E-state index in [4.69, 9.17) is 0 Å². The second-order valence-electron chi connectivity index (χ2n) is 5.80. The molecule has 0 spiro atoms. The molecular formula is C20H16F3NOSi. The van der Waals surface area contributed by atoms with Crippen LogP contribution in [0, 0.1) is 0 Å². The van der Waals surface area contributed by atoms with Crippen LogP contribution in [0.2, 0.25) is 0 Å². The van der Waals surface area contributed by atoms with Gasteiger partial charge in [-0.2, -0.15) is 13.2 Å². The maximum Gasteiger partial charge on any atom is 0.470 e. The van der Waals surface area contributed by atoms with Crippen LogP contribution in [-0.2, 0) is 4.79 Å². The van der Waals surface area contributed by atoms with Crippen LogP contribution in [0.3, 0.4) is 0 Å². The van der Waals surface area contributed by atoms with Crippen molar-refractivity contribution in [2.45, 2.75) is 6.18 Å². The van der Waals surface area contributed by atoms with Crippen LogP contribution in [0.1, 0.15) is 0 Å². The van der Waals surface area contributed by atoms with E-state index in [9.17, 15) is 18.0 Å². The predicted octanol–water partition coefficient (Wildman–Crippen LogP) is 2.33. The van der Waals surface area contributed by atoms with Crippen LogP contribution >= 0.6 is 0 Å². The molecule has 0 saturated heterocycles. The Bertz CT molecular complexity index is 771. The van der Waals surface area contributed by atoms with E-state index < -0.39 is 20.3 Å². The topological polar surface area (TPSA) is 29.1 Å². The molecule has 0 aromatic heterocycles. The molecule has 3 rings (SSSR count). The Labute approximate surface area is 150 Å². The van der Waals surface area contributed by atoms with Crippen LogP contribution in [-0.4, -0.2) is 20.3 Å². The average Bonchev–Trinajstić information content (AvgIpc) is 2.67. The summed E-state index contributed by atoms with van der Waals surface area (Å²) in [4.78, 5) is 14.4. The quantitative estimate of drug-likeness (QED) is 0.554. The first kappa shape index (κ1) is 17.9. The fraction of sp³-hybridized carbons (Fsp3) is 0.0500. The lowest BCUT2D eigenvalue weighted by Gasteiger charge is -2.34. The zero-order chi connectivity index (χ0) is 18.6. The molecular weight excluding hydrogens is 355 g/mol. The SMILES string of the molecule is O=C(N[Si](c1ccccc1)(c1ccccc1)c1ccccc1)C(F)(F)F. The van der Waals surface area contributed by atoms with Crippen LogP contribution < -0.4 is 20.5 Å². The number of hydrogen-bond acceptors (Lipinski definition) is 1. The third-order valence-corrected chi connectivity index (χ3v) is 8.38. The average molecular weight is 371 g/mol. The van der Waals surface area contributed by atoms with E-state index in [1.54, 1.807) is 91.0 Å². The van der Waals surface area contributed by atoms with Crippen molar-refractivity contribution in [2.75, 3.05) is 0 Å². The van der Waals surface area contributed by atoms with E-state index in [1.807, 2.05) is 0 Å². The van der Waals surface area contributed by atoms with E-state index in [0.29, 0.717) is 15.6 Å². The number of rotatable bonds is 4. The first-order chi connectivity index (χ1) is 12.4. The molecule has 0 fully saturated rings. The van der Waals surface area contributed by atoms with Crippen molar-refractivity contribution in [1.29, 1.82) is 0 Å². The molecule has 1 N–H and O–H groups in total. The second-order valence-corrected chi connectivity index (χ2v) is 9.28. The number of halogens is 3. The predicted molar refractivity (Wildman–Crippen MR) is 98.2 cm³/mol. The minimum absolute atomic E-state index is 0.676. The Kier molecular flexibility index (Phi) is 4.95. The smallest absolute Gasteiger partial charge is 0.363 e. The molecule has 26 heavy (non-hydrogen) atoms. The van der Waals surface area contributed by atoms with Crippen LogP contribution in [0.5, 0.6) is 0 Å². The van der Waals surface area contributed by atoms with E-state index in [2.05, 4.69) is 4.98 Å². The van der Waals surface area contributed by atoms with E-state index in [-0.39, 0.29) is 0 Å². The van der Waals surface area contributed by atoms with Crippen LogP contribution in [0.4, 0.5) is 13.2 Å². The molecule has 1 amide bonds. The monoisotopic (exact) mass is 371 g/mol. The third-order valence-electron chi connectivity index (χ3n) is 4.18. The van der Waals surface area contributed by atoms with E-state index in [0.717, 1.165) is 0 Å². The van der Waals surface area contributed by atoms with Gasteiger partial charge in [0.05, 0.1) is 0 Å². The molecule has 0 aliphatic carbocycles. The van der Waals surface area contributed by atoms with Gasteiger partial charge in [0.25, 0.3) is 8.24 Å². The minimum atomic E-state index is -4.96. The van der Waals surface area contributed by atoms with Crippen molar-refractivity contribution in [3.05, 3.63) is 91.0 Å². The minimum Gasteiger partial charge on any atom is -0.363 e. The molecule has 6 heteroatoms. The van der Waals surface area contributed by atoms with Gasteiger partial charge in [0.2, 0.25) is 0 Å². The summed E-state index contributed by atoms with van der Waals surface area (Å²) in [5.41, 5.74) is 0. The highest BCUT2D eigenvalue weighted by Crippen LogP contribution is 2.16. The van der Waals surface area contributed by atoms with Gasteiger partial charge in [0.15, 0.2) is 0 Å². The zero-order valence-electron chi connectivity index (χ0n) is 13.7. The molecule has 0 heterocycles. The Morgan fingerprint density at radius 2 is 0.962 bits per heavy atom. The lowest BCUT2D eigenvalue weighted by molar-refractivity contribution is -0.171. The number of amides is 1. The summed E-state index contributed by atoms with van der Waals surface area (Å²) in [5.74, 6) is -1.93. The molecule has 2 nitrogen and oxygen atoms in total. The summed E-state index contributed by atoms with van der Waals surface area (Å²) in [5, 5.41) is 2.03. The molecule has 3 aromatic carbocycles. The molecule has 0 bridgehead atoms. The largest absolute Gasteiger partial charge is 0.470 e. The molecule has 0 saturated carbocycles. The fourth-order valence-corrected chi connectivity index (χ4v) is 7.01. The summed E-state index contributed by atoms with van der Waals surface area (Å²) in [6, 6.07) is 26.6. The van der Waals surface area contributed by atoms with Crippen molar-refractivity contribution in [2.24, 2.45) is 0 Å². The number of benzene rings is 3. The van der Waals surface area contributed by atoms with Gasteiger partial charge in [-0.25, -0.2) is 0 Å². The van der Waals surface area contributed by atoms with Crippen LogP contribution in [0.25, 0.3) is 0 Å².